The van der Waals surface area contributed by atoms with Crippen molar-refractivity contribution in [2.45, 2.75) is 33.2 Å². The molecule has 0 aliphatic rings. The fraction of sp³-hybridized carbons (Fsp3) is 0.357. The Bertz CT molecular complexity index is 559. The van der Waals surface area contributed by atoms with Crippen molar-refractivity contribution in [1.82, 2.24) is 5.32 Å². The van der Waals surface area contributed by atoms with Crippen LogP contribution < -0.4 is 5.32 Å². The molecule has 0 fully saturated rings. The minimum Gasteiger partial charge on any atom is -0.478 e. The number of carboxylic acid groups (broad SMARTS) is 1. The number of nitrogens with zero attached hydrogens (tertiary/aromatic N) is 1. The predicted molar refractivity (Wildman–Crippen MR) is 70.0 cm³/mol. The molecule has 1 atom stereocenters. The molecule has 0 bridgehead atoms. The summed E-state index contributed by atoms with van der Waals surface area (Å²) >= 11 is 0. The van der Waals surface area contributed by atoms with Gasteiger partial charge in [-0.05, 0) is 31.9 Å². The number of carbonyl (C=O) groups is 2. The molecule has 100 valence electrons. The van der Waals surface area contributed by atoms with Crippen molar-refractivity contribution >= 4 is 11.9 Å². The van der Waals surface area contributed by atoms with Gasteiger partial charge in [-0.3, -0.25) is 4.79 Å². The zero-order valence-electron chi connectivity index (χ0n) is 11.2. The van der Waals surface area contributed by atoms with Gasteiger partial charge in [0.15, 0.2) is 0 Å². The van der Waals surface area contributed by atoms with Gasteiger partial charge in [-0.25, -0.2) is 4.79 Å². The van der Waals surface area contributed by atoms with Crippen LogP contribution in [0.3, 0.4) is 0 Å². The zero-order chi connectivity index (χ0) is 14.6. The van der Waals surface area contributed by atoms with Crippen molar-refractivity contribution < 1.29 is 14.7 Å². The maximum atomic E-state index is 12.1. The number of hydrogen-bond donors (Lipinski definition) is 2. The van der Waals surface area contributed by atoms with Gasteiger partial charge < -0.3 is 10.4 Å². The number of nitrogens with one attached hydrogen (secondary N) is 1. The summed E-state index contributed by atoms with van der Waals surface area (Å²) in [4.78, 5) is 23.4. The highest BCUT2D eigenvalue weighted by molar-refractivity contribution is 6.06. The SMILES string of the molecule is Cc1ccc(C)c(C(=O)NC(C)CC#N)c1C(=O)O. The van der Waals surface area contributed by atoms with Gasteiger partial charge in [0.2, 0.25) is 0 Å². The van der Waals surface area contributed by atoms with Gasteiger partial charge in [0.25, 0.3) is 5.91 Å². The van der Waals surface area contributed by atoms with Crippen LogP contribution in [0.25, 0.3) is 0 Å². The van der Waals surface area contributed by atoms with Gasteiger partial charge in [-0.2, -0.15) is 5.26 Å². The highest BCUT2D eigenvalue weighted by Crippen LogP contribution is 2.19. The van der Waals surface area contributed by atoms with Crippen molar-refractivity contribution in [1.29, 1.82) is 5.26 Å². The lowest BCUT2D eigenvalue weighted by Gasteiger charge is -2.15. The Morgan fingerprint density at radius 1 is 1.32 bits per heavy atom. The Hall–Kier alpha value is -2.35. The van der Waals surface area contributed by atoms with E-state index in [0.29, 0.717) is 11.1 Å². The van der Waals surface area contributed by atoms with Crippen LogP contribution in [0.2, 0.25) is 0 Å². The molecule has 0 spiro atoms. The summed E-state index contributed by atoms with van der Waals surface area (Å²) in [6.45, 7) is 5.04. The normalized spacial score (nSPS) is 11.5. The Morgan fingerprint density at radius 3 is 2.32 bits per heavy atom. The summed E-state index contributed by atoms with van der Waals surface area (Å²) in [7, 11) is 0. The average molecular weight is 260 g/mol. The molecule has 5 nitrogen and oxygen atoms in total. The van der Waals surface area contributed by atoms with E-state index in [2.05, 4.69) is 5.32 Å². The lowest BCUT2D eigenvalue weighted by Crippen LogP contribution is -2.34. The molecule has 1 amide bonds. The van der Waals surface area contributed by atoms with E-state index in [4.69, 9.17) is 5.26 Å². The van der Waals surface area contributed by atoms with Gasteiger partial charge >= 0.3 is 5.97 Å². The van der Waals surface area contributed by atoms with E-state index in [0.717, 1.165) is 0 Å². The number of nitriles is 1. The average Bonchev–Trinajstić information content (AvgIpc) is 2.31. The highest BCUT2D eigenvalue weighted by atomic mass is 16.4. The molecule has 0 saturated heterocycles. The van der Waals surface area contributed by atoms with Crippen molar-refractivity contribution in [2.75, 3.05) is 0 Å². The van der Waals surface area contributed by atoms with Crippen molar-refractivity contribution in [2.24, 2.45) is 0 Å². The summed E-state index contributed by atoms with van der Waals surface area (Å²) in [6, 6.07) is 5.03. The van der Waals surface area contributed by atoms with Crippen molar-refractivity contribution in [3.05, 3.63) is 34.4 Å². The molecule has 0 aromatic heterocycles. The third-order valence-electron chi connectivity index (χ3n) is 2.84. The smallest absolute Gasteiger partial charge is 0.336 e. The number of carboxylic acids is 1. The Morgan fingerprint density at radius 2 is 1.84 bits per heavy atom. The van der Waals surface area contributed by atoms with Crippen LogP contribution in [0.15, 0.2) is 12.1 Å². The lowest BCUT2D eigenvalue weighted by atomic mass is 9.96. The summed E-state index contributed by atoms with van der Waals surface area (Å²) in [5.74, 6) is -1.58. The first-order valence-corrected chi connectivity index (χ1v) is 5.89. The molecule has 0 aliphatic heterocycles. The Kier molecular flexibility index (Phi) is 4.65. The second-order valence-corrected chi connectivity index (χ2v) is 4.49. The molecule has 5 heteroatoms. The zero-order valence-corrected chi connectivity index (χ0v) is 11.2. The standard InChI is InChI=1S/C14H16N2O3/c1-8-4-5-9(2)12(14(18)19)11(8)13(17)16-10(3)6-7-15/h4-5,10H,6H2,1-3H3,(H,16,17)(H,18,19). The summed E-state index contributed by atoms with van der Waals surface area (Å²) in [5, 5.41) is 20.4. The predicted octanol–water partition coefficient (Wildman–Crippen LogP) is 2.03. The van der Waals surface area contributed by atoms with Crippen LogP contribution in [0, 0.1) is 25.2 Å². The number of aryl methyl sites for hydroxylation is 2. The largest absolute Gasteiger partial charge is 0.478 e. The number of rotatable bonds is 4. The van der Waals surface area contributed by atoms with Crippen LogP contribution in [0.1, 0.15) is 45.2 Å². The first-order chi connectivity index (χ1) is 8.88. The van der Waals surface area contributed by atoms with Crippen LogP contribution in [-0.2, 0) is 0 Å². The van der Waals surface area contributed by atoms with Crippen LogP contribution >= 0.6 is 0 Å². The number of benzene rings is 1. The number of amides is 1. The molecule has 0 radical (unpaired) electrons. The molecule has 1 unspecified atom stereocenters. The van der Waals surface area contributed by atoms with E-state index in [1.165, 1.54) is 0 Å². The molecular formula is C14H16N2O3. The molecule has 0 aliphatic carbocycles. The second kappa shape index (κ2) is 6.01. The van der Waals surface area contributed by atoms with Crippen LogP contribution in [0.5, 0.6) is 0 Å². The number of hydrogen-bond acceptors (Lipinski definition) is 3. The first-order valence-electron chi connectivity index (χ1n) is 5.89. The van der Waals surface area contributed by atoms with Crippen LogP contribution in [-0.4, -0.2) is 23.0 Å². The number of aromatic carboxylic acids is 1. The first kappa shape index (κ1) is 14.7. The Labute approximate surface area is 111 Å². The molecule has 1 rings (SSSR count). The molecule has 1 aromatic carbocycles. The molecule has 1 aromatic rings. The second-order valence-electron chi connectivity index (χ2n) is 4.49. The fourth-order valence-electron chi connectivity index (χ4n) is 1.86. The minimum atomic E-state index is -1.13. The van der Waals surface area contributed by atoms with Gasteiger partial charge in [-0.1, -0.05) is 12.1 Å². The third kappa shape index (κ3) is 3.32. The van der Waals surface area contributed by atoms with E-state index in [9.17, 15) is 14.7 Å². The van der Waals surface area contributed by atoms with E-state index in [-0.39, 0.29) is 23.6 Å². The molecular weight excluding hydrogens is 244 g/mol. The van der Waals surface area contributed by atoms with E-state index in [1.54, 1.807) is 32.9 Å². The minimum absolute atomic E-state index is 0.0154. The van der Waals surface area contributed by atoms with Gasteiger partial charge in [0.05, 0.1) is 23.6 Å². The van der Waals surface area contributed by atoms with E-state index < -0.39 is 11.9 Å². The number of carbonyl (C=O) groups excluding carboxylic acids is 1. The quantitative estimate of drug-likeness (QED) is 0.866. The lowest BCUT2D eigenvalue weighted by molar-refractivity contribution is 0.0689. The van der Waals surface area contributed by atoms with E-state index >= 15 is 0 Å². The van der Waals surface area contributed by atoms with Gasteiger partial charge in [0, 0.05) is 6.04 Å². The van der Waals surface area contributed by atoms with Crippen molar-refractivity contribution in [3.8, 4) is 6.07 Å². The molecule has 19 heavy (non-hydrogen) atoms. The summed E-state index contributed by atoms with van der Waals surface area (Å²) in [5.41, 5.74) is 1.32. The highest BCUT2D eigenvalue weighted by Gasteiger charge is 2.22. The Balaban J connectivity index is 3.19. The maximum Gasteiger partial charge on any atom is 0.336 e. The summed E-state index contributed by atoms with van der Waals surface area (Å²) in [6.07, 6.45) is 0.180. The molecule has 0 heterocycles. The summed E-state index contributed by atoms with van der Waals surface area (Å²) < 4.78 is 0. The van der Waals surface area contributed by atoms with E-state index in [1.807, 2.05) is 6.07 Å². The third-order valence-corrected chi connectivity index (χ3v) is 2.84. The van der Waals surface area contributed by atoms with Gasteiger partial charge in [0.1, 0.15) is 0 Å². The van der Waals surface area contributed by atoms with Gasteiger partial charge in [-0.15, -0.1) is 0 Å². The van der Waals surface area contributed by atoms with Crippen molar-refractivity contribution in [3.63, 3.8) is 0 Å². The molecule has 0 saturated carbocycles. The maximum absolute atomic E-state index is 12.1. The van der Waals surface area contributed by atoms with Crippen LogP contribution in [0.4, 0.5) is 0 Å². The fourth-order valence-corrected chi connectivity index (χ4v) is 1.86. The monoisotopic (exact) mass is 260 g/mol. The molecule has 2 N–H and O–H groups in total. The topological polar surface area (TPSA) is 90.2 Å².